The summed E-state index contributed by atoms with van der Waals surface area (Å²) in [6.07, 6.45) is 1.48. The average Bonchev–Trinajstić information content (AvgIpc) is 3.27. The highest BCUT2D eigenvalue weighted by Gasteiger charge is 2.41. The third kappa shape index (κ3) is 3.16. The van der Waals surface area contributed by atoms with Crippen LogP contribution in [0.25, 0.3) is 10.9 Å². The molecule has 2 saturated heterocycles. The zero-order valence-electron chi connectivity index (χ0n) is 14.5. The van der Waals surface area contributed by atoms with Gasteiger partial charge >= 0.3 is 6.09 Å². The first-order chi connectivity index (χ1) is 13.0. The average molecular weight is 370 g/mol. The van der Waals surface area contributed by atoms with Crippen LogP contribution < -0.4 is 5.56 Å². The molecule has 4 rings (SSSR count). The molecule has 27 heavy (non-hydrogen) atoms. The fraction of sp³-hybridized carbons (Fsp3) is 0.389. The molecule has 2 aliphatic rings. The number of carbonyl (C=O) groups is 3. The Morgan fingerprint density at radius 3 is 2.81 bits per heavy atom. The number of likely N-dealkylation sites (tertiary alicyclic amines) is 1. The van der Waals surface area contributed by atoms with Crippen molar-refractivity contribution in [1.29, 1.82) is 0 Å². The normalized spacial score (nSPS) is 19.8. The Labute approximate surface area is 154 Å². The number of aromatic nitrogens is 2. The summed E-state index contributed by atoms with van der Waals surface area (Å²) < 4.78 is 6.15. The van der Waals surface area contributed by atoms with Crippen molar-refractivity contribution < 1.29 is 19.1 Å². The molecule has 1 aromatic carbocycles. The lowest BCUT2D eigenvalue weighted by molar-refractivity contribution is -0.131. The molecule has 0 radical (unpaired) electrons. The molecule has 140 valence electrons. The third-order valence-electron chi connectivity index (χ3n) is 4.96. The highest BCUT2D eigenvalue weighted by Crippen LogP contribution is 2.20. The van der Waals surface area contributed by atoms with Crippen molar-refractivity contribution in [3.63, 3.8) is 0 Å². The number of para-hydroxylation sites is 1. The number of benzene rings is 1. The molecule has 1 aromatic heterocycles. The van der Waals surface area contributed by atoms with Gasteiger partial charge in [-0.25, -0.2) is 14.7 Å². The fourth-order valence-corrected chi connectivity index (χ4v) is 3.54. The zero-order valence-corrected chi connectivity index (χ0v) is 14.5. The molecule has 0 spiro atoms. The largest absolute Gasteiger partial charge is 0.439 e. The summed E-state index contributed by atoms with van der Waals surface area (Å²) in [7, 11) is 0. The molecule has 1 unspecified atom stereocenters. The third-order valence-corrected chi connectivity index (χ3v) is 4.96. The quantitative estimate of drug-likeness (QED) is 0.770. The van der Waals surface area contributed by atoms with E-state index in [1.165, 1.54) is 10.9 Å². The number of nitrogens with zero attached hydrogens (tertiary/aromatic N) is 4. The highest BCUT2D eigenvalue weighted by atomic mass is 16.6. The minimum Gasteiger partial charge on any atom is -0.439 e. The number of imide groups is 1. The monoisotopic (exact) mass is 370 g/mol. The maximum atomic E-state index is 12.5. The van der Waals surface area contributed by atoms with Crippen molar-refractivity contribution in [1.82, 2.24) is 19.4 Å². The van der Waals surface area contributed by atoms with Gasteiger partial charge in [-0.2, -0.15) is 0 Å². The minimum absolute atomic E-state index is 0.127. The van der Waals surface area contributed by atoms with Gasteiger partial charge in [0.15, 0.2) is 6.61 Å². The van der Waals surface area contributed by atoms with E-state index in [9.17, 15) is 19.2 Å². The number of aryl methyl sites for hydroxylation is 1. The van der Waals surface area contributed by atoms with Gasteiger partial charge in [-0.3, -0.25) is 19.0 Å². The summed E-state index contributed by atoms with van der Waals surface area (Å²) in [4.78, 5) is 55.3. The van der Waals surface area contributed by atoms with E-state index in [1.54, 1.807) is 23.1 Å². The van der Waals surface area contributed by atoms with Crippen LogP contribution in [-0.2, 0) is 20.9 Å². The predicted molar refractivity (Wildman–Crippen MR) is 93.8 cm³/mol. The van der Waals surface area contributed by atoms with Crippen LogP contribution in [0.15, 0.2) is 35.4 Å². The Bertz CT molecular complexity index is 969. The van der Waals surface area contributed by atoms with E-state index in [0.717, 1.165) is 4.90 Å². The van der Waals surface area contributed by atoms with Crippen molar-refractivity contribution in [2.45, 2.75) is 25.4 Å². The van der Waals surface area contributed by atoms with E-state index in [0.29, 0.717) is 30.4 Å². The van der Waals surface area contributed by atoms with E-state index < -0.39 is 6.09 Å². The van der Waals surface area contributed by atoms with Gasteiger partial charge < -0.3 is 9.64 Å². The zero-order chi connectivity index (χ0) is 19.0. The van der Waals surface area contributed by atoms with Gasteiger partial charge in [-0.15, -0.1) is 0 Å². The maximum absolute atomic E-state index is 12.5. The van der Waals surface area contributed by atoms with Crippen molar-refractivity contribution in [2.24, 2.45) is 0 Å². The van der Waals surface area contributed by atoms with Crippen LogP contribution in [-0.4, -0.2) is 63.0 Å². The lowest BCUT2D eigenvalue weighted by Crippen LogP contribution is -2.42. The number of amides is 3. The number of hydrogen-bond acceptors (Lipinski definition) is 6. The topological polar surface area (TPSA) is 102 Å². The standard InChI is InChI=1S/C18H18N4O5/c23-15(20-7-5-12(9-20)22-16(24)10-27-18(22)26)6-8-21-11-19-14-4-2-1-3-13(14)17(21)25/h1-4,11-12H,5-10H2. The number of ether oxygens (including phenoxy) is 1. The second-order valence-corrected chi connectivity index (χ2v) is 6.61. The molecule has 0 bridgehead atoms. The SMILES string of the molecule is O=C(CCn1cnc2ccccc2c1=O)N1CCC(N2C(=O)COC2=O)C1. The maximum Gasteiger partial charge on any atom is 0.417 e. The molecule has 9 nitrogen and oxygen atoms in total. The van der Waals surface area contributed by atoms with Crippen molar-refractivity contribution >= 4 is 28.8 Å². The molecule has 9 heteroatoms. The lowest BCUT2D eigenvalue weighted by Gasteiger charge is -2.20. The molecule has 1 atom stereocenters. The second-order valence-electron chi connectivity index (χ2n) is 6.61. The smallest absolute Gasteiger partial charge is 0.417 e. The number of carbonyl (C=O) groups excluding carboxylic acids is 3. The first-order valence-corrected chi connectivity index (χ1v) is 8.75. The Morgan fingerprint density at radius 2 is 2.04 bits per heavy atom. The van der Waals surface area contributed by atoms with Crippen LogP contribution >= 0.6 is 0 Å². The summed E-state index contributed by atoms with van der Waals surface area (Å²) in [6.45, 7) is 0.748. The molecule has 3 heterocycles. The number of fused-ring (bicyclic) bond motifs is 1. The molecular formula is C18H18N4O5. The van der Waals surface area contributed by atoms with E-state index in [4.69, 9.17) is 4.74 Å². The Balaban J connectivity index is 1.39. The highest BCUT2D eigenvalue weighted by molar-refractivity contribution is 5.98. The molecule has 3 amide bonds. The Kier molecular flexibility index (Phi) is 4.35. The fourth-order valence-electron chi connectivity index (χ4n) is 3.54. The van der Waals surface area contributed by atoms with Crippen LogP contribution in [0, 0.1) is 0 Å². The summed E-state index contributed by atoms with van der Waals surface area (Å²) >= 11 is 0. The number of cyclic esters (lactones) is 1. The van der Waals surface area contributed by atoms with Crippen LogP contribution in [0.1, 0.15) is 12.8 Å². The molecule has 2 fully saturated rings. The lowest BCUT2D eigenvalue weighted by atomic mass is 10.2. The van der Waals surface area contributed by atoms with Gasteiger partial charge in [0.25, 0.3) is 11.5 Å². The van der Waals surface area contributed by atoms with Crippen LogP contribution in [0.2, 0.25) is 0 Å². The first-order valence-electron chi connectivity index (χ1n) is 8.75. The van der Waals surface area contributed by atoms with Gasteiger partial charge in [-0.05, 0) is 18.6 Å². The van der Waals surface area contributed by atoms with Gasteiger partial charge in [0.05, 0.1) is 23.3 Å². The van der Waals surface area contributed by atoms with Crippen LogP contribution in [0.5, 0.6) is 0 Å². The molecule has 0 aliphatic carbocycles. The van der Waals surface area contributed by atoms with Crippen molar-refractivity contribution in [2.75, 3.05) is 19.7 Å². The van der Waals surface area contributed by atoms with Crippen LogP contribution in [0.3, 0.4) is 0 Å². The Hall–Kier alpha value is -3.23. The summed E-state index contributed by atoms with van der Waals surface area (Å²) in [6, 6.07) is 6.71. The molecular weight excluding hydrogens is 352 g/mol. The molecule has 2 aliphatic heterocycles. The van der Waals surface area contributed by atoms with Gasteiger partial charge in [0.2, 0.25) is 5.91 Å². The van der Waals surface area contributed by atoms with Gasteiger partial charge in [0, 0.05) is 26.1 Å². The molecule has 2 aromatic rings. The van der Waals surface area contributed by atoms with E-state index in [-0.39, 0.29) is 43.0 Å². The number of hydrogen-bond donors (Lipinski definition) is 0. The predicted octanol–water partition coefficient (Wildman–Crippen LogP) is 0.366. The number of rotatable bonds is 4. The van der Waals surface area contributed by atoms with Crippen molar-refractivity contribution in [3.8, 4) is 0 Å². The van der Waals surface area contributed by atoms with Gasteiger partial charge in [0.1, 0.15) is 0 Å². The molecule has 0 N–H and O–H groups in total. The van der Waals surface area contributed by atoms with E-state index in [2.05, 4.69) is 4.98 Å². The summed E-state index contributed by atoms with van der Waals surface area (Å²) in [5.41, 5.74) is 0.438. The van der Waals surface area contributed by atoms with Gasteiger partial charge in [-0.1, -0.05) is 12.1 Å². The minimum atomic E-state index is -0.645. The molecule has 0 saturated carbocycles. The summed E-state index contributed by atoms with van der Waals surface area (Å²) in [5, 5.41) is 0.514. The second kappa shape index (κ2) is 6.82. The Morgan fingerprint density at radius 1 is 1.22 bits per heavy atom. The van der Waals surface area contributed by atoms with Crippen LogP contribution in [0.4, 0.5) is 4.79 Å². The summed E-state index contributed by atoms with van der Waals surface area (Å²) in [5.74, 6) is -0.495. The van der Waals surface area contributed by atoms with Crippen molar-refractivity contribution in [3.05, 3.63) is 40.9 Å². The van der Waals surface area contributed by atoms with E-state index in [1.807, 2.05) is 6.07 Å². The first kappa shape index (κ1) is 17.2. The van der Waals surface area contributed by atoms with E-state index >= 15 is 0 Å².